The van der Waals surface area contributed by atoms with Crippen molar-refractivity contribution in [2.75, 3.05) is 13.1 Å². The number of rotatable bonds is 5. The van der Waals surface area contributed by atoms with Crippen LogP contribution in [0.5, 0.6) is 0 Å². The van der Waals surface area contributed by atoms with Crippen molar-refractivity contribution in [3.05, 3.63) is 34.9 Å². The van der Waals surface area contributed by atoms with E-state index in [9.17, 15) is 9.59 Å². The van der Waals surface area contributed by atoms with Gasteiger partial charge in [0.05, 0.1) is 5.92 Å². The summed E-state index contributed by atoms with van der Waals surface area (Å²) in [5.74, 6) is -0.137. The number of hydrogen-bond donors (Lipinski definition) is 2. The van der Waals surface area contributed by atoms with Crippen molar-refractivity contribution in [2.45, 2.75) is 52.1 Å². The van der Waals surface area contributed by atoms with E-state index in [1.165, 1.54) is 0 Å². The Hall–Kier alpha value is -1.75. The number of benzene rings is 1. The Morgan fingerprint density at radius 3 is 2.64 bits per heavy atom. The fourth-order valence-corrected chi connectivity index (χ4v) is 3.33. The Labute approximate surface area is 155 Å². The van der Waals surface area contributed by atoms with Crippen LogP contribution in [0.1, 0.15) is 39.2 Å². The van der Waals surface area contributed by atoms with E-state index >= 15 is 0 Å². The van der Waals surface area contributed by atoms with Gasteiger partial charge in [-0.25, -0.2) is 4.79 Å². The molecule has 0 bridgehead atoms. The molecule has 1 fully saturated rings. The van der Waals surface area contributed by atoms with Crippen molar-refractivity contribution in [3.63, 3.8) is 0 Å². The number of urea groups is 1. The molecule has 1 aromatic carbocycles. The summed E-state index contributed by atoms with van der Waals surface area (Å²) in [6, 6.07) is 7.68. The Balaban J connectivity index is 1.87. The quantitative estimate of drug-likeness (QED) is 0.841. The third kappa shape index (κ3) is 5.92. The molecule has 2 atom stereocenters. The molecule has 0 radical (unpaired) electrons. The number of carbonyl (C=O) groups is 2. The monoisotopic (exact) mass is 365 g/mol. The highest BCUT2D eigenvalue weighted by Gasteiger charge is 2.29. The van der Waals surface area contributed by atoms with Crippen LogP contribution in [-0.4, -0.2) is 42.0 Å². The highest BCUT2D eigenvalue weighted by molar-refractivity contribution is 6.31. The van der Waals surface area contributed by atoms with E-state index in [0.29, 0.717) is 19.5 Å². The van der Waals surface area contributed by atoms with Crippen molar-refractivity contribution in [3.8, 4) is 0 Å². The SMILES string of the molecule is CC(C)NC(=O)N1CCC[C@H](C(=O)N[C@H](C)Cc2ccccc2Cl)C1. The van der Waals surface area contributed by atoms with Crippen molar-refractivity contribution < 1.29 is 9.59 Å². The molecule has 138 valence electrons. The standard InChI is InChI=1S/C19H28ClN3O2/c1-13(2)21-19(25)23-10-6-8-16(12-23)18(24)22-14(3)11-15-7-4-5-9-17(15)20/h4-5,7,9,13-14,16H,6,8,10-12H2,1-3H3,(H,21,25)(H,22,24)/t14-,16+/m1/s1. The minimum absolute atomic E-state index is 0.00716. The van der Waals surface area contributed by atoms with E-state index in [2.05, 4.69) is 10.6 Å². The summed E-state index contributed by atoms with van der Waals surface area (Å²) in [6.07, 6.45) is 2.36. The van der Waals surface area contributed by atoms with Gasteiger partial charge in [0.1, 0.15) is 0 Å². The molecule has 1 heterocycles. The van der Waals surface area contributed by atoms with Crippen LogP contribution < -0.4 is 10.6 Å². The van der Waals surface area contributed by atoms with Gasteiger partial charge >= 0.3 is 6.03 Å². The maximum absolute atomic E-state index is 12.6. The lowest BCUT2D eigenvalue weighted by atomic mass is 9.96. The van der Waals surface area contributed by atoms with E-state index in [1.54, 1.807) is 4.90 Å². The van der Waals surface area contributed by atoms with Crippen LogP contribution in [0.25, 0.3) is 0 Å². The number of halogens is 1. The minimum Gasteiger partial charge on any atom is -0.353 e. The molecule has 1 aliphatic heterocycles. The first-order valence-corrected chi connectivity index (χ1v) is 9.33. The Morgan fingerprint density at radius 1 is 1.24 bits per heavy atom. The molecule has 1 saturated heterocycles. The molecule has 25 heavy (non-hydrogen) atoms. The normalized spacial score (nSPS) is 18.8. The number of nitrogens with one attached hydrogen (secondary N) is 2. The predicted octanol–water partition coefficient (Wildman–Crippen LogP) is 3.22. The Morgan fingerprint density at radius 2 is 1.96 bits per heavy atom. The van der Waals surface area contributed by atoms with E-state index < -0.39 is 0 Å². The third-order valence-corrected chi connectivity index (χ3v) is 4.73. The van der Waals surface area contributed by atoms with Gasteiger partial charge in [-0.05, 0) is 51.7 Å². The average Bonchev–Trinajstić information content (AvgIpc) is 2.56. The molecule has 6 heteroatoms. The van der Waals surface area contributed by atoms with E-state index in [4.69, 9.17) is 11.6 Å². The highest BCUT2D eigenvalue weighted by atomic mass is 35.5. The topological polar surface area (TPSA) is 61.4 Å². The van der Waals surface area contributed by atoms with E-state index in [1.807, 2.05) is 45.0 Å². The van der Waals surface area contributed by atoms with Crippen molar-refractivity contribution in [1.82, 2.24) is 15.5 Å². The zero-order chi connectivity index (χ0) is 18.4. The fraction of sp³-hybridized carbons (Fsp3) is 0.579. The number of likely N-dealkylation sites (tertiary alicyclic amines) is 1. The number of carbonyl (C=O) groups excluding carboxylic acids is 2. The molecule has 1 aromatic rings. The summed E-state index contributed by atoms with van der Waals surface area (Å²) in [5.41, 5.74) is 1.03. The van der Waals surface area contributed by atoms with Gasteiger partial charge in [-0.3, -0.25) is 4.79 Å². The van der Waals surface area contributed by atoms with Crippen LogP contribution in [-0.2, 0) is 11.2 Å². The summed E-state index contributed by atoms with van der Waals surface area (Å²) in [4.78, 5) is 26.5. The molecule has 0 aromatic heterocycles. The summed E-state index contributed by atoms with van der Waals surface area (Å²) < 4.78 is 0. The molecular weight excluding hydrogens is 338 g/mol. The zero-order valence-electron chi connectivity index (χ0n) is 15.2. The first-order valence-electron chi connectivity index (χ1n) is 8.96. The lowest BCUT2D eigenvalue weighted by molar-refractivity contribution is -0.126. The maximum atomic E-state index is 12.6. The second-order valence-corrected chi connectivity index (χ2v) is 7.50. The molecular formula is C19H28ClN3O2. The number of nitrogens with zero attached hydrogens (tertiary/aromatic N) is 1. The largest absolute Gasteiger partial charge is 0.353 e. The van der Waals surface area contributed by atoms with Crippen molar-refractivity contribution in [1.29, 1.82) is 0 Å². The summed E-state index contributed by atoms with van der Waals surface area (Å²) >= 11 is 6.19. The van der Waals surface area contributed by atoms with Crippen LogP contribution in [0.2, 0.25) is 5.02 Å². The molecule has 0 unspecified atom stereocenters. The van der Waals surface area contributed by atoms with Gasteiger partial charge in [0.2, 0.25) is 5.91 Å². The Kier molecular flexibility index (Phi) is 7.12. The summed E-state index contributed by atoms with van der Waals surface area (Å²) in [5, 5.41) is 6.68. The second-order valence-electron chi connectivity index (χ2n) is 7.09. The van der Waals surface area contributed by atoms with Crippen molar-refractivity contribution in [2.24, 2.45) is 5.92 Å². The maximum Gasteiger partial charge on any atom is 0.317 e. The smallest absolute Gasteiger partial charge is 0.317 e. The van der Waals surface area contributed by atoms with E-state index in [-0.39, 0.29) is 29.9 Å². The van der Waals surface area contributed by atoms with Gasteiger partial charge < -0.3 is 15.5 Å². The first kappa shape index (κ1) is 19.6. The number of amides is 3. The fourth-order valence-electron chi connectivity index (χ4n) is 3.12. The van der Waals surface area contributed by atoms with E-state index in [0.717, 1.165) is 23.4 Å². The predicted molar refractivity (Wildman–Crippen MR) is 101 cm³/mol. The number of piperidine rings is 1. The molecule has 0 saturated carbocycles. The first-order chi connectivity index (χ1) is 11.9. The second kappa shape index (κ2) is 9.09. The third-order valence-electron chi connectivity index (χ3n) is 4.36. The Bertz CT molecular complexity index is 606. The average molecular weight is 366 g/mol. The zero-order valence-corrected chi connectivity index (χ0v) is 16.0. The van der Waals surface area contributed by atoms with Crippen LogP contribution >= 0.6 is 11.6 Å². The summed E-state index contributed by atoms with van der Waals surface area (Å²) in [7, 11) is 0. The van der Waals surface area contributed by atoms with Crippen LogP contribution in [0, 0.1) is 5.92 Å². The van der Waals surface area contributed by atoms with Gasteiger partial charge in [0.25, 0.3) is 0 Å². The van der Waals surface area contributed by atoms with Gasteiger partial charge in [-0.2, -0.15) is 0 Å². The molecule has 2 N–H and O–H groups in total. The molecule has 5 nitrogen and oxygen atoms in total. The molecule has 0 aliphatic carbocycles. The number of hydrogen-bond acceptors (Lipinski definition) is 2. The van der Waals surface area contributed by atoms with Crippen LogP contribution in [0.4, 0.5) is 4.79 Å². The van der Waals surface area contributed by atoms with Crippen LogP contribution in [0.3, 0.4) is 0 Å². The van der Waals surface area contributed by atoms with Crippen molar-refractivity contribution >= 4 is 23.5 Å². The molecule has 0 spiro atoms. The van der Waals surface area contributed by atoms with Gasteiger partial charge in [0, 0.05) is 30.2 Å². The molecule has 3 amide bonds. The van der Waals surface area contributed by atoms with Gasteiger partial charge in [0.15, 0.2) is 0 Å². The minimum atomic E-state index is -0.152. The van der Waals surface area contributed by atoms with Gasteiger partial charge in [-0.1, -0.05) is 29.8 Å². The van der Waals surface area contributed by atoms with Gasteiger partial charge in [-0.15, -0.1) is 0 Å². The lowest BCUT2D eigenvalue weighted by Crippen LogP contribution is -2.51. The summed E-state index contributed by atoms with van der Waals surface area (Å²) in [6.45, 7) is 7.03. The highest BCUT2D eigenvalue weighted by Crippen LogP contribution is 2.19. The van der Waals surface area contributed by atoms with Crippen LogP contribution in [0.15, 0.2) is 24.3 Å². The molecule has 2 rings (SSSR count). The lowest BCUT2D eigenvalue weighted by Gasteiger charge is -2.33. The molecule has 1 aliphatic rings.